The molecule has 184 valence electrons. The molecule has 11 atom stereocenters. The van der Waals surface area contributed by atoms with E-state index in [0.717, 1.165) is 44.2 Å². The summed E-state index contributed by atoms with van der Waals surface area (Å²) in [6.45, 7) is 12.3. The number of ketones is 3. The van der Waals surface area contributed by atoms with Crippen molar-refractivity contribution in [2.45, 2.75) is 97.4 Å². The first-order chi connectivity index (χ1) is 15.9. The second-order valence-corrected chi connectivity index (χ2v) is 14.2. The van der Waals surface area contributed by atoms with Crippen molar-refractivity contribution >= 4 is 17.3 Å². The maximum atomic E-state index is 14.0. The van der Waals surface area contributed by atoms with E-state index in [2.05, 4.69) is 39.5 Å². The van der Waals surface area contributed by atoms with E-state index in [1.54, 1.807) is 6.08 Å². The summed E-state index contributed by atoms with van der Waals surface area (Å²) in [7, 11) is 0. The van der Waals surface area contributed by atoms with Crippen molar-refractivity contribution in [2.75, 3.05) is 6.54 Å². The van der Waals surface area contributed by atoms with Crippen LogP contribution in [0.5, 0.6) is 0 Å². The largest absolute Gasteiger partial charge is 0.355 e. The fraction of sp³-hybridized carbons (Fsp3) is 0.828. The predicted octanol–water partition coefficient (Wildman–Crippen LogP) is 4.34. The zero-order valence-electron chi connectivity index (χ0n) is 21.4. The summed E-state index contributed by atoms with van der Waals surface area (Å²) < 4.78 is 6.79. The van der Waals surface area contributed by atoms with E-state index in [-0.39, 0.29) is 63.6 Å². The Morgan fingerprint density at radius 1 is 1.00 bits per heavy atom. The first-order valence-electron chi connectivity index (χ1n) is 13.6. The molecule has 4 aliphatic carbocycles. The van der Waals surface area contributed by atoms with Crippen LogP contribution in [-0.2, 0) is 19.1 Å². The number of hydrogen-bond donors (Lipinski definition) is 0. The summed E-state index contributed by atoms with van der Waals surface area (Å²) in [4.78, 5) is 43.7. The van der Waals surface area contributed by atoms with Gasteiger partial charge in [-0.2, -0.15) is 0 Å². The summed E-state index contributed by atoms with van der Waals surface area (Å²) in [5.41, 5.74) is -0.0600. The molecule has 3 saturated carbocycles. The van der Waals surface area contributed by atoms with Crippen molar-refractivity contribution in [3.8, 4) is 0 Å². The standard InChI is InChI=1S/C29H39NO4/c1-15-7-19-18(21(31)8-15)9-22(32)25-26(19,3)13-24-27(4)11-20(23(33)12-28(25,27)5)29-10-16(2)6-17(34-29)14-30(24)29/h8,16-20,24-25H,6-7,9-14H2,1-5H3/t16-,17+,18+,19-,20+,24?,25-,26-,27+,28-,29+/m0/s1. The van der Waals surface area contributed by atoms with Gasteiger partial charge in [-0.25, -0.2) is 0 Å². The highest BCUT2D eigenvalue weighted by Gasteiger charge is 2.78. The number of carbonyl (C=O) groups excluding carboxylic acids is 3. The molecule has 0 amide bonds. The van der Waals surface area contributed by atoms with Gasteiger partial charge in [0.15, 0.2) is 5.78 Å². The molecule has 5 nitrogen and oxygen atoms in total. The molecule has 7 aliphatic rings. The van der Waals surface area contributed by atoms with Crippen molar-refractivity contribution in [2.24, 2.45) is 45.8 Å². The minimum Gasteiger partial charge on any atom is -0.355 e. The van der Waals surface area contributed by atoms with Crippen LogP contribution in [0.3, 0.4) is 0 Å². The molecule has 3 saturated heterocycles. The van der Waals surface area contributed by atoms with Gasteiger partial charge >= 0.3 is 0 Å². The number of Topliss-reactive ketones (excluding diaryl/α,β-unsaturated/α-hetero) is 2. The van der Waals surface area contributed by atoms with E-state index >= 15 is 0 Å². The maximum Gasteiger partial charge on any atom is 0.159 e. The fourth-order valence-electron chi connectivity index (χ4n) is 11.1. The minimum atomic E-state index is -0.454. The van der Waals surface area contributed by atoms with Crippen LogP contribution in [0.15, 0.2) is 11.6 Å². The Morgan fingerprint density at radius 2 is 1.76 bits per heavy atom. The third-order valence-electron chi connectivity index (χ3n) is 12.4. The van der Waals surface area contributed by atoms with Crippen molar-refractivity contribution < 1.29 is 19.1 Å². The second-order valence-electron chi connectivity index (χ2n) is 14.2. The average molecular weight is 466 g/mol. The van der Waals surface area contributed by atoms with Crippen LogP contribution in [0, 0.1) is 45.8 Å². The van der Waals surface area contributed by atoms with Crippen LogP contribution in [0.4, 0.5) is 0 Å². The SMILES string of the molecule is CC1=CC(=O)[C@@H]2CC(=O)[C@H]3[C@@](C)(CC4N5C[C@H]6C[C@H](C)C[C@@]5(O6)[C@@H]5C[C@@]4(C)[C@@]3(C)CC5=O)[C@H]2C1. The zero-order valence-corrected chi connectivity index (χ0v) is 21.4. The van der Waals surface area contributed by atoms with Gasteiger partial charge in [0.2, 0.25) is 0 Å². The van der Waals surface area contributed by atoms with Gasteiger partial charge in [0.05, 0.1) is 12.0 Å². The molecular weight excluding hydrogens is 426 g/mol. The van der Waals surface area contributed by atoms with Crippen LogP contribution >= 0.6 is 0 Å². The molecule has 6 fully saturated rings. The van der Waals surface area contributed by atoms with Crippen LogP contribution in [0.25, 0.3) is 0 Å². The lowest BCUT2D eigenvalue weighted by atomic mass is 9.33. The Kier molecular flexibility index (Phi) is 4.07. The lowest BCUT2D eigenvalue weighted by molar-refractivity contribution is -0.290. The molecule has 1 spiro atoms. The summed E-state index contributed by atoms with van der Waals surface area (Å²) in [5, 5.41) is 0. The molecule has 0 aromatic carbocycles. The third-order valence-corrected chi connectivity index (χ3v) is 12.4. The molecule has 3 heterocycles. The van der Waals surface area contributed by atoms with Gasteiger partial charge in [-0.15, -0.1) is 0 Å². The van der Waals surface area contributed by atoms with E-state index < -0.39 is 5.72 Å². The number of allylic oxidation sites excluding steroid dienone is 2. The molecular formula is C29H39NO4. The Labute approximate surface area is 203 Å². The first kappa shape index (κ1) is 21.9. The van der Waals surface area contributed by atoms with Gasteiger partial charge < -0.3 is 4.74 Å². The van der Waals surface area contributed by atoms with Gasteiger partial charge in [-0.1, -0.05) is 33.3 Å². The van der Waals surface area contributed by atoms with Crippen molar-refractivity contribution in [3.05, 3.63) is 11.6 Å². The highest BCUT2D eigenvalue weighted by molar-refractivity contribution is 5.99. The predicted molar refractivity (Wildman–Crippen MR) is 127 cm³/mol. The highest BCUT2D eigenvalue weighted by Crippen LogP contribution is 2.75. The number of rotatable bonds is 0. The summed E-state index contributed by atoms with van der Waals surface area (Å²) in [6.07, 6.45) is 7.52. The molecule has 1 unspecified atom stereocenters. The molecule has 5 heteroatoms. The Bertz CT molecular complexity index is 1060. The average Bonchev–Trinajstić information content (AvgIpc) is 3.00. The number of piperidine rings is 1. The number of ether oxygens (including phenoxy) is 1. The number of fused-ring (bicyclic) bond motifs is 7. The first-order valence-corrected chi connectivity index (χ1v) is 13.6. The molecule has 0 aromatic heterocycles. The summed E-state index contributed by atoms with van der Waals surface area (Å²) in [6, 6.07) is 0.284. The van der Waals surface area contributed by atoms with Gasteiger partial charge in [-0.3, -0.25) is 19.3 Å². The number of carbonyl (C=O) groups is 3. The van der Waals surface area contributed by atoms with Crippen LogP contribution in [0.2, 0.25) is 0 Å². The Hall–Kier alpha value is -1.33. The van der Waals surface area contributed by atoms with E-state index in [1.165, 1.54) is 0 Å². The molecule has 34 heavy (non-hydrogen) atoms. The highest BCUT2D eigenvalue weighted by atomic mass is 16.5. The Balaban J connectivity index is 1.42. The van der Waals surface area contributed by atoms with E-state index in [0.29, 0.717) is 24.5 Å². The monoisotopic (exact) mass is 465 g/mol. The molecule has 0 radical (unpaired) electrons. The van der Waals surface area contributed by atoms with Crippen molar-refractivity contribution in [1.82, 2.24) is 4.90 Å². The molecule has 7 rings (SSSR count). The van der Waals surface area contributed by atoms with Crippen LogP contribution in [0.1, 0.15) is 79.6 Å². The minimum absolute atomic E-state index is 0.0770. The lowest BCUT2D eigenvalue weighted by Gasteiger charge is -2.74. The molecule has 0 aromatic rings. The van der Waals surface area contributed by atoms with Gasteiger partial charge in [0.25, 0.3) is 0 Å². The number of hydrogen-bond acceptors (Lipinski definition) is 5. The van der Waals surface area contributed by atoms with Gasteiger partial charge in [0.1, 0.15) is 17.3 Å². The summed E-state index contributed by atoms with van der Waals surface area (Å²) in [5.74, 6) is 1.02. The fourth-order valence-corrected chi connectivity index (χ4v) is 11.1. The molecule has 3 aliphatic heterocycles. The van der Waals surface area contributed by atoms with Gasteiger partial charge in [0, 0.05) is 37.3 Å². The topological polar surface area (TPSA) is 63.7 Å². The molecule has 0 N–H and O–H groups in total. The normalized spacial score (nSPS) is 58.1. The van der Waals surface area contributed by atoms with Crippen molar-refractivity contribution in [3.63, 3.8) is 0 Å². The lowest BCUT2D eigenvalue weighted by Crippen LogP contribution is -2.78. The maximum absolute atomic E-state index is 14.0. The summed E-state index contributed by atoms with van der Waals surface area (Å²) >= 11 is 0. The van der Waals surface area contributed by atoms with Crippen LogP contribution < -0.4 is 0 Å². The zero-order chi connectivity index (χ0) is 24.0. The molecule has 4 bridgehead atoms. The quantitative estimate of drug-likeness (QED) is 0.533. The van der Waals surface area contributed by atoms with Crippen molar-refractivity contribution in [1.29, 1.82) is 0 Å². The second kappa shape index (κ2) is 6.32. The van der Waals surface area contributed by atoms with E-state index in [9.17, 15) is 14.4 Å². The van der Waals surface area contributed by atoms with E-state index in [4.69, 9.17) is 4.74 Å². The number of nitrogens with zero attached hydrogens (tertiary/aromatic N) is 1. The van der Waals surface area contributed by atoms with E-state index in [1.807, 2.05) is 0 Å². The van der Waals surface area contributed by atoms with Crippen LogP contribution in [-0.4, -0.2) is 46.7 Å². The Morgan fingerprint density at radius 3 is 2.53 bits per heavy atom. The smallest absolute Gasteiger partial charge is 0.159 e. The third kappa shape index (κ3) is 2.29. The van der Waals surface area contributed by atoms with Gasteiger partial charge in [-0.05, 0) is 73.2 Å².